The molecule has 2 aromatic carbocycles. The van der Waals surface area contributed by atoms with Crippen molar-refractivity contribution in [3.8, 4) is 11.4 Å². The number of rotatable bonds is 8. The van der Waals surface area contributed by atoms with Crippen molar-refractivity contribution in [3.63, 3.8) is 0 Å². The molecule has 0 aliphatic heterocycles. The summed E-state index contributed by atoms with van der Waals surface area (Å²) in [5, 5.41) is 13.4. The molecule has 0 radical (unpaired) electrons. The Bertz CT molecular complexity index is 1000. The van der Waals surface area contributed by atoms with Gasteiger partial charge in [0.25, 0.3) is 5.91 Å². The van der Waals surface area contributed by atoms with Gasteiger partial charge < -0.3 is 4.57 Å². The average molecular weight is 472 g/mol. The first-order chi connectivity index (χ1) is 14.1. The van der Waals surface area contributed by atoms with Crippen LogP contribution in [-0.2, 0) is 18.3 Å². The predicted octanol–water partition coefficient (Wildman–Crippen LogP) is 4.46. The van der Waals surface area contributed by atoms with Crippen molar-refractivity contribution < 1.29 is 4.79 Å². The van der Waals surface area contributed by atoms with Gasteiger partial charge >= 0.3 is 0 Å². The van der Waals surface area contributed by atoms with Crippen LogP contribution in [0.15, 0.2) is 69.3 Å². The average Bonchev–Trinajstić information content (AvgIpc) is 3.10. The van der Waals surface area contributed by atoms with E-state index in [0.29, 0.717) is 5.16 Å². The largest absolute Gasteiger partial charge is 0.305 e. The third kappa shape index (κ3) is 6.01. The van der Waals surface area contributed by atoms with E-state index in [4.69, 9.17) is 0 Å². The second-order valence-electron chi connectivity index (χ2n) is 6.39. The van der Waals surface area contributed by atoms with Gasteiger partial charge in [0.15, 0.2) is 11.0 Å². The molecule has 0 aliphatic rings. The van der Waals surface area contributed by atoms with Crippen molar-refractivity contribution in [3.05, 3.63) is 64.6 Å². The van der Waals surface area contributed by atoms with Crippen molar-refractivity contribution in [2.45, 2.75) is 24.9 Å². The van der Waals surface area contributed by atoms with E-state index in [0.717, 1.165) is 34.4 Å². The molecule has 8 heteroatoms. The lowest BCUT2D eigenvalue weighted by molar-refractivity contribution is -0.118. The van der Waals surface area contributed by atoms with Crippen molar-refractivity contribution in [1.82, 2.24) is 20.2 Å². The number of benzene rings is 2. The maximum absolute atomic E-state index is 12.2. The van der Waals surface area contributed by atoms with E-state index in [1.54, 1.807) is 0 Å². The lowest BCUT2D eigenvalue weighted by Crippen LogP contribution is -2.22. The molecule has 0 spiro atoms. The Labute approximate surface area is 182 Å². The zero-order chi connectivity index (χ0) is 20.6. The SMILES string of the molecule is CC/C(Cc1ccccc1)=N/NC(=O)CSc1nnc(-c2cccc(Br)c2)n1C. The number of nitrogens with zero attached hydrogens (tertiary/aromatic N) is 4. The third-order valence-electron chi connectivity index (χ3n) is 4.25. The number of thioether (sulfide) groups is 1. The van der Waals surface area contributed by atoms with E-state index in [1.165, 1.54) is 17.3 Å². The van der Waals surface area contributed by atoms with Gasteiger partial charge in [-0.05, 0) is 24.1 Å². The topological polar surface area (TPSA) is 72.2 Å². The van der Waals surface area contributed by atoms with Gasteiger partial charge in [-0.2, -0.15) is 5.10 Å². The molecule has 150 valence electrons. The van der Waals surface area contributed by atoms with Crippen molar-refractivity contribution >= 4 is 39.3 Å². The minimum Gasteiger partial charge on any atom is -0.305 e. The molecule has 29 heavy (non-hydrogen) atoms. The lowest BCUT2D eigenvalue weighted by Gasteiger charge is -2.06. The molecule has 0 saturated heterocycles. The number of halogens is 1. The number of hydrogen-bond donors (Lipinski definition) is 1. The highest BCUT2D eigenvalue weighted by molar-refractivity contribution is 9.10. The van der Waals surface area contributed by atoms with Crippen molar-refractivity contribution in [2.24, 2.45) is 12.1 Å². The van der Waals surface area contributed by atoms with Gasteiger partial charge in [0, 0.05) is 29.2 Å². The first kappa shape index (κ1) is 21.3. The quantitative estimate of drug-likeness (QED) is 0.299. The molecule has 3 rings (SSSR count). The first-order valence-electron chi connectivity index (χ1n) is 9.23. The number of carbonyl (C=O) groups is 1. The van der Waals surface area contributed by atoms with E-state index >= 15 is 0 Å². The molecule has 0 saturated carbocycles. The normalized spacial score (nSPS) is 11.5. The van der Waals surface area contributed by atoms with Gasteiger partial charge in [-0.3, -0.25) is 4.79 Å². The molecular formula is C21H22BrN5OS. The number of aromatic nitrogens is 3. The minimum absolute atomic E-state index is 0.166. The molecule has 0 aliphatic carbocycles. The summed E-state index contributed by atoms with van der Waals surface area (Å²) < 4.78 is 2.86. The summed E-state index contributed by atoms with van der Waals surface area (Å²) in [6.45, 7) is 2.03. The molecule has 1 aromatic heterocycles. The standard InChI is InChI=1S/C21H22BrN5OS/c1-3-18(12-15-8-5-4-6-9-15)23-24-19(28)14-29-21-26-25-20(27(21)2)16-10-7-11-17(22)13-16/h4-11,13H,3,12,14H2,1-2H3,(H,24,28)/b23-18-. The molecular weight excluding hydrogens is 450 g/mol. The summed E-state index contributed by atoms with van der Waals surface area (Å²) in [5.74, 6) is 0.806. The number of hydrazone groups is 1. The molecule has 0 unspecified atom stereocenters. The molecule has 3 aromatic rings. The van der Waals surface area contributed by atoms with Crippen molar-refractivity contribution in [1.29, 1.82) is 0 Å². The molecule has 0 fully saturated rings. The number of amides is 1. The first-order valence-corrected chi connectivity index (χ1v) is 11.0. The number of carbonyl (C=O) groups excluding carboxylic acids is 1. The lowest BCUT2D eigenvalue weighted by atomic mass is 10.1. The third-order valence-corrected chi connectivity index (χ3v) is 5.76. The van der Waals surface area contributed by atoms with Gasteiger partial charge in [-0.25, -0.2) is 5.43 Å². The Morgan fingerprint density at radius 3 is 2.69 bits per heavy atom. The summed E-state index contributed by atoms with van der Waals surface area (Å²) in [4.78, 5) is 12.2. The summed E-state index contributed by atoms with van der Waals surface area (Å²) in [7, 11) is 1.89. The van der Waals surface area contributed by atoms with Gasteiger partial charge in [0.05, 0.1) is 5.75 Å². The van der Waals surface area contributed by atoms with Crippen LogP contribution in [0.25, 0.3) is 11.4 Å². The Morgan fingerprint density at radius 1 is 1.17 bits per heavy atom. The molecule has 0 atom stereocenters. The molecule has 6 nitrogen and oxygen atoms in total. The summed E-state index contributed by atoms with van der Waals surface area (Å²) in [6.07, 6.45) is 1.51. The highest BCUT2D eigenvalue weighted by Gasteiger charge is 2.13. The second kappa shape index (κ2) is 10.4. The fraction of sp³-hybridized carbons (Fsp3) is 0.238. The van der Waals surface area contributed by atoms with Crippen LogP contribution >= 0.6 is 27.7 Å². The monoisotopic (exact) mass is 471 g/mol. The predicted molar refractivity (Wildman–Crippen MR) is 121 cm³/mol. The molecule has 1 amide bonds. The van der Waals surface area contributed by atoms with Gasteiger partial charge in [-0.1, -0.05) is 77.1 Å². The van der Waals surface area contributed by atoms with E-state index < -0.39 is 0 Å². The number of hydrogen-bond acceptors (Lipinski definition) is 5. The van der Waals surface area contributed by atoms with Crippen LogP contribution in [0.4, 0.5) is 0 Å². The highest BCUT2D eigenvalue weighted by atomic mass is 79.9. The summed E-state index contributed by atoms with van der Waals surface area (Å²) in [6, 6.07) is 18.0. The Morgan fingerprint density at radius 2 is 1.97 bits per heavy atom. The molecule has 1 N–H and O–H groups in total. The van der Waals surface area contributed by atoms with E-state index in [1.807, 2.05) is 61.0 Å². The fourth-order valence-electron chi connectivity index (χ4n) is 2.70. The second-order valence-corrected chi connectivity index (χ2v) is 8.25. The zero-order valence-corrected chi connectivity index (χ0v) is 18.7. The van der Waals surface area contributed by atoms with Crippen molar-refractivity contribution in [2.75, 3.05) is 5.75 Å². The van der Waals surface area contributed by atoms with Gasteiger partial charge in [-0.15, -0.1) is 10.2 Å². The van der Waals surface area contributed by atoms with Crippen LogP contribution in [0.1, 0.15) is 18.9 Å². The Balaban J connectivity index is 1.56. The smallest absolute Gasteiger partial charge is 0.250 e. The van der Waals surface area contributed by atoms with E-state index in [-0.39, 0.29) is 11.7 Å². The van der Waals surface area contributed by atoms with Crippen LogP contribution < -0.4 is 5.43 Å². The summed E-state index contributed by atoms with van der Waals surface area (Å²) in [5.41, 5.74) is 5.73. The zero-order valence-electron chi connectivity index (χ0n) is 16.3. The maximum atomic E-state index is 12.2. The van der Waals surface area contributed by atoms with Crippen LogP contribution in [-0.4, -0.2) is 32.1 Å². The van der Waals surface area contributed by atoms with Crippen LogP contribution in [0.3, 0.4) is 0 Å². The Hall–Kier alpha value is -2.45. The summed E-state index contributed by atoms with van der Waals surface area (Å²) >= 11 is 4.80. The van der Waals surface area contributed by atoms with Gasteiger partial charge in [0.2, 0.25) is 0 Å². The Kier molecular flexibility index (Phi) is 7.60. The van der Waals surface area contributed by atoms with E-state index in [9.17, 15) is 4.79 Å². The van der Waals surface area contributed by atoms with Crippen LogP contribution in [0.5, 0.6) is 0 Å². The minimum atomic E-state index is -0.166. The van der Waals surface area contributed by atoms with Crippen LogP contribution in [0, 0.1) is 0 Å². The highest BCUT2D eigenvalue weighted by Crippen LogP contribution is 2.24. The van der Waals surface area contributed by atoms with E-state index in [2.05, 4.69) is 48.8 Å². The van der Waals surface area contributed by atoms with Gasteiger partial charge in [0.1, 0.15) is 0 Å². The molecule has 0 bridgehead atoms. The fourth-order valence-corrected chi connectivity index (χ4v) is 3.80. The maximum Gasteiger partial charge on any atom is 0.250 e. The number of nitrogens with one attached hydrogen (secondary N) is 1. The van der Waals surface area contributed by atoms with Crippen LogP contribution in [0.2, 0.25) is 0 Å². The molecule has 1 heterocycles.